The summed E-state index contributed by atoms with van der Waals surface area (Å²) in [6, 6.07) is 0.0568. The van der Waals surface area contributed by atoms with Crippen LogP contribution >= 0.6 is 11.8 Å². The van der Waals surface area contributed by atoms with E-state index in [1.165, 1.54) is 45.6 Å². The highest BCUT2D eigenvalue weighted by Gasteiger charge is 2.34. The van der Waals surface area contributed by atoms with Gasteiger partial charge >= 0.3 is 12.0 Å². The van der Waals surface area contributed by atoms with Crippen molar-refractivity contribution >= 4 is 23.8 Å². The fraction of sp³-hybridized carbons (Fsp3) is 0.895. The second kappa shape index (κ2) is 10.9. The van der Waals surface area contributed by atoms with E-state index in [0.717, 1.165) is 31.4 Å². The van der Waals surface area contributed by atoms with Crippen molar-refractivity contribution in [2.75, 3.05) is 19.1 Å². The molecule has 6 heteroatoms. The third-order valence-electron chi connectivity index (χ3n) is 5.56. The minimum Gasteiger partial charge on any atom is -0.467 e. The lowest BCUT2D eigenvalue weighted by molar-refractivity contribution is -0.143. The Kier molecular flexibility index (Phi) is 8.93. The van der Waals surface area contributed by atoms with E-state index in [1.54, 1.807) is 11.8 Å². The van der Waals surface area contributed by atoms with Crippen molar-refractivity contribution in [2.24, 2.45) is 0 Å². The van der Waals surface area contributed by atoms with E-state index in [-0.39, 0.29) is 12.0 Å². The minimum atomic E-state index is -0.542. The van der Waals surface area contributed by atoms with Crippen LogP contribution in [0.25, 0.3) is 0 Å². The molecule has 1 atom stereocenters. The van der Waals surface area contributed by atoms with Crippen LogP contribution in [0.3, 0.4) is 0 Å². The molecule has 0 aromatic heterocycles. The fourth-order valence-corrected chi connectivity index (χ4v) is 4.67. The zero-order valence-electron chi connectivity index (χ0n) is 15.8. The van der Waals surface area contributed by atoms with E-state index in [2.05, 4.69) is 10.2 Å². The fourth-order valence-electron chi connectivity index (χ4n) is 4.20. The second-order valence-electron chi connectivity index (χ2n) is 7.30. The summed E-state index contributed by atoms with van der Waals surface area (Å²) in [5, 5.41) is 3.00. The summed E-state index contributed by atoms with van der Waals surface area (Å²) in [4.78, 5) is 27.3. The van der Waals surface area contributed by atoms with Crippen LogP contribution in [0.4, 0.5) is 4.79 Å². The number of methoxy groups -OCH3 is 1. The van der Waals surface area contributed by atoms with E-state index >= 15 is 0 Å². The average Bonchev–Trinajstić information content (AvgIpc) is 2.66. The molecule has 0 saturated heterocycles. The molecule has 0 heterocycles. The predicted octanol–water partition coefficient (Wildman–Crippen LogP) is 3.96. The highest BCUT2D eigenvalue weighted by Crippen LogP contribution is 2.30. The predicted molar refractivity (Wildman–Crippen MR) is 103 cm³/mol. The van der Waals surface area contributed by atoms with Crippen molar-refractivity contribution in [1.82, 2.24) is 10.2 Å². The number of carbonyl (C=O) groups excluding carboxylic acids is 2. The molecule has 2 fully saturated rings. The van der Waals surface area contributed by atoms with Crippen molar-refractivity contribution in [3.05, 3.63) is 0 Å². The number of hydrogen-bond acceptors (Lipinski definition) is 4. The zero-order chi connectivity index (χ0) is 18.1. The normalized spacial score (nSPS) is 20.7. The van der Waals surface area contributed by atoms with Crippen LogP contribution in [0.1, 0.15) is 70.6 Å². The maximum absolute atomic E-state index is 13.1. The molecule has 0 unspecified atom stereocenters. The molecule has 1 N–H and O–H groups in total. The molecule has 2 saturated carbocycles. The maximum Gasteiger partial charge on any atom is 0.328 e. The Balaban J connectivity index is 2.07. The van der Waals surface area contributed by atoms with Crippen molar-refractivity contribution < 1.29 is 14.3 Å². The number of amides is 2. The molecular formula is C19H34N2O3S. The quantitative estimate of drug-likeness (QED) is 0.689. The number of urea groups is 1. The Morgan fingerprint density at radius 1 is 1.04 bits per heavy atom. The second-order valence-corrected chi connectivity index (χ2v) is 8.28. The van der Waals surface area contributed by atoms with Gasteiger partial charge in [0.25, 0.3) is 0 Å². The van der Waals surface area contributed by atoms with Gasteiger partial charge in [-0.1, -0.05) is 38.5 Å². The van der Waals surface area contributed by atoms with Gasteiger partial charge in [-0.05, 0) is 44.1 Å². The van der Waals surface area contributed by atoms with Crippen molar-refractivity contribution in [3.63, 3.8) is 0 Å². The summed E-state index contributed by atoms with van der Waals surface area (Å²) in [7, 11) is 1.39. The lowest BCUT2D eigenvalue weighted by atomic mass is 9.89. The van der Waals surface area contributed by atoms with Crippen LogP contribution < -0.4 is 5.32 Å². The molecule has 0 aromatic rings. The third kappa shape index (κ3) is 6.08. The first-order chi connectivity index (χ1) is 12.2. The van der Waals surface area contributed by atoms with Crippen LogP contribution in [-0.4, -0.2) is 54.1 Å². The maximum atomic E-state index is 13.1. The Labute approximate surface area is 156 Å². The average molecular weight is 371 g/mol. The van der Waals surface area contributed by atoms with Gasteiger partial charge in [-0.3, -0.25) is 0 Å². The number of ether oxygens (including phenoxy) is 1. The van der Waals surface area contributed by atoms with E-state index in [1.807, 2.05) is 6.26 Å². The topological polar surface area (TPSA) is 58.6 Å². The first-order valence-electron chi connectivity index (χ1n) is 9.83. The number of thioether (sulfide) groups is 1. The number of hydrogen-bond donors (Lipinski definition) is 1. The van der Waals surface area contributed by atoms with E-state index in [0.29, 0.717) is 18.5 Å². The largest absolute Gasteiger partial charge is 0.467 e. The SMILES string of the molecule is COC(=O)[C@@H](CCSC)NC(=O)N(C1CCCCC1)C1CCCCC1. The number of nitrogens with one attached hydrogen (secondary N) is 1. The monoisotopic (exact) mass is 370 g/mol. The summed E-state index contributed by atoms with van der Waals surface area (Å²) in [6.45, 7) is 0. The first-order valence-corrected chi connectivity index (χ1v) is 11.2. The summed E-state index contributed by atoms with van der Waals surface area (Å²) in [5.74, 6) is 0.488. The van der Waals surface area contributed by atoms with Crippen LogP contribution in [0.15, 0.2) is 0 Å². The molecule has 25 heavy (non-hydrogen) atoms. The number of nitrogens with zero attached hydrogens (tertiary/aromatic N) is 1. The minimum absolute atomic E-state index is 0.0599. The summed E-state index contributed by atoms with van der Waals surface area (Å²) in [6.07, 6.45) is 14.4. The van der Waals surface area contributed by atoms with Gasteiger partial charge in [0.05, 0.1) is 7.11 Å². The Bertz CT molecular complexity index is 403. The molecule has 2 aliphatic rings. The molecule has 0 aliphatic heterocycles. The van der Waals surface area contributed by atoms with Gasteiger partial charge in [-0.15, -0.1) is 0 Å². The standard InChI is InChI=1S/C19H34N2O3S/c1-24-18(22)17(13-14-25-2)20-19(23)21(15-9-5-3-6-10-15)16-11-7-4-8-12-16/h15-17H,3-14H2,1-2H3,(H,20,23)/t17-/m1/s1. The molecule has 144 valence electrons. The van der Waals surface area contributed by atoms with E-state index in [4.69, 9.17) is 4.74 Å². The molecule has 0 aromatic carbocycles. The number of carbonyl (C=O) groups is 2. The molecule has 2 amide bonds. The van der Waals surface area contributed by atoms with E-state index in [9.17, 15) is 9.59 Å². The van der Waals surface area contributed by atoms with Gasteiger partial charge in [0.1, 0.15) is 6.04 Å². The number of rotatable bonds is 7. The number of esters is 1. The molecule has 0 spiro atoms. The molecule has 0 bridgehead atoms. The zero-order valence-corrected chi connectivity index (χ0v) is 16.6. The van der Waals surface area contributed by atoms with Gasteiger partial charge < -0.3 is 15.0 Å². The van der Waals surface area contributed by atoms with E-state index < -0.39 is 6.04 Å². The van der Waals surface area contributed by atoms with Crippen molar-refractivity contribution in [1.29, 1.82) is 0 Å². The molecule has 0 radical (unpaired) electrons. The molecule has 5 nitrogen and oxygen atoms in total. The smallest absolute Gasteiger partial charge is 0.328 e. The van der Waals surface area contributed by atoms with Crippen molar-refractivity contribution in [2.45, 2.75) is 88.8 Å². The Hall–Kier alpha value is -0.910. The summed E-state index contributed by atoms with van der Waals surface area (Å²) in [5.41, 5.74) is 0. The summed E-state index contributed by atoms with van der Waals surface area (Å²) < 4.78 is 4.90. The first kappa shape index (κ1) is 20.4. The van der Waals surface area contributed by atoms with Crippen LogP contribution in [0.2, 0.25) is 0 Å². The highest BCUT2D eigenvalue weighted by atomic mass is 32.2. The van der Waals surface area contributed by atoms with Gasteiger partial charge in [0, 0.05) is 12.1 Å². The van der Waals surface area contributed by atoms with Crippen LogP contribution in [0, 0.1) is 0 Å². The Morgan fingerprint density at radius 3 is 2.00 bits per heavy atom. The highest BCUT2D eigenvalue weighted by molar-refractivity contribution is 7.98. The van der Waals surface area contributed by atoms with Crippen LogP contribution in [-0.2, 0) is 9.53 Å². The lowest BCUT2D eigenvalue weighted by Crippen LogP contribution is -2.56. The molecule has 2 rings (SSSR count). The molecule has 2 aliphatic carbocycles. The lowest BCUT2D eigenvalue weighted by Gasteiger charge is -2.42. The van der Waals surface area contributed by atoms with Gasteiger partial charge in [-0.25, -0.2) is 9.59 Å². The third-order valence-corrected chi connectivity index (χ3v) is 6.21. The summed E-state index contributed by atoms with van der Waals surface area (Å²) >= 11 is 1.68. The van der Waals surface area contributed by atoms with Crippen molar-refractivity contribution in [3.8, 4) is 0 Å². The Morgan fingerprint density at radius 2 is 1.56 bits per heavy atom. The molecular weight excluding hydrogens is 336 g/mol. The van der Waals surface area contributed by atoms with Gasteiger partial charge in [0.2, 0.25) is 0 Å². The van der Waals surface area contributed by atoms with Crippen LogP contribution in [0.5, 0.6) is 0 Å². The van der Waals surface area contributed by atoms with Gasteiger partial charge in [0.15, 0.2) is 0 Å². The van der Waals surface area contributed by atoms with Gasteiger partial charge in [-0.2, -0.15) is 11.8 Å².